The molecular formula is C19H18ClN3O5S2. The van der Waals surface area contributed by atoms with Gasteiger partial charge in [-0.25, -0.2) is 0 Å². The highest BCUT2D eigenvalue weighted by Gasteiger charge is 2.32. The molecule has 0 bridgehead atoms. The van der Waals surface area contributed by atoms with Crippen molar-refractivity contribution in [2.75, 3.05) is 32.8 Å². The van der Waals surface area contributed by atoms with E-state index >= 15 is 0 Å². The number of thiocarbonyl (C=S) groups is 1. The van der Waals surface area contributed by atoms with Gasteiger partial charge in [0.05, 0.1) is 23.0 Å². The predicted octanol–water partition coefficient (Wildman–Crippen LogP) is 3.17. The van der Waals surface area contributed by atoms with E-state index in [0.717, 1.165) is 11.8 Å². The summed E-state index contributed by atoms with van der Waals surface area (Å²) < 4.78 is 5.61. The highest BCUT2D eigenvalue weighted by atomic mass is 35.5. The standard InChI is InChI=1S/C19H18ClN3O5S2/c20-14(11-13-1-3-15(4-2-13)23(26)27)12-16-18(25)22(19(29)30-16)6-5-17(24)21-7-9-28-10-8-21/h1-4,11-12H,5-10H2/b14-11-,16-12-. The Balaban J connectivity index is 1.62. The molecule has 0 aliphatic carbocycles. The number of halogens is 1. The lowest BCUT2D eigenvalue weighted by Crippen LogP contribution is -2.42. The summed E-state index contributed by atoms with van der Waals surface area (Å²) in [5.41, 5.74) is 0.643. The van der Waals surface area contributed by atoms with Crippen molar-refractivity contribution in [1.29, 1.82) is 0 Å². The van der Waals surface area contributed by atoms with Gasteiger partial charge in [0, 0.05) is 43.2 Å². The molecule has 0 radical (unpaired) electrons. The molecule has 1 aromatic rings. The van der Waals surface area contributed by atoms with Crippen LogP contribution in [0.2, 0.25) is 0 Å². The average Bonchev–Trinajstić information content (AvgIpc) is 2.99. The van der Waals surface area contributed by atoms with Crippen molar-refractivity contribution in [1.82, 2.24) is 9.80 Å². The number of thioether (sulfide) groups is 1. The molecule has 0 saturated carbocycles. The second kappa shape index (κ2) is 10.2. The van der Waals surface area contributed by atoms with Gasteiger partial charge in [-0.3, -0.25) is 24.6 Å². The highest BCUT2D eigenvalue weighted by molar-refractivity contribution is 8.26. The van der Waals surface area contributed by atoms with E-state index < -0.39 is 4.92 Å². The lowest BCUT2D eigenvalue weighted by Gasteiger charge is -2.27. The molecule has 3 rings (SSSR count). The second-order valence-electron chi connectivity index (χ2n) is 6.45. The summed E-state index contributed by atoms with van der Waals surface area (Å²) in [6.45, 7) is 2.37. The molecule has 1 aromatic carbocycles. The first-order valence-corrected chi connectivity index (χ1v) is 10.7. The van der Waals surface area contributed by atoms with Crippen LogP contribution in [0.1, 0.15) is 12.0 Å². The van der Waals surface area contributed by atoms with Crippen LogP contribution in [0.5, 0.6) is 0 Å². The molecule has 2 saturated heterocycles. The Labute approximate surface area is 187 Å². The average molecular weight is 468 g/mol. The van der Waals surface area contributed by atoms with Gasteiger partial charge in [-0.15, -0.1) is 0 Å². The van der Waals surface area contributed by atoms with Gasteiger partial charge in [0.25, 0.3) is 11.6 Å². The zero-order valence-corrected chi connectivity index (χ0v) is 18.2. The number of nitro groups is 1. The second-order valence-corrected chi connectivity index (χ2v) is 8.57. The van der Waals surface area contributed by atoms with Crippen LogP contribution in [0.15, 0.2) is 40.3 Å². The fourth-order valence-corrected chi connectivity index (χ4v) is 4.49. The minimum atomic E-state index is -0.482. The number of hydrogen-bond acceptors (Lipinski definition) is 7. The molecule has 2 aliphatic rings. The number of hydrogen-bond donors (Lipinski definition) is 0. The van der Waals surface area contributed by atoms with Crippen molar-refractivity contribution < 1.29 is 19.2 Å². The maximum atomic E-state index is 12.7. The molecule has 2 heterocycles. The molecule has 0 N–H and O–H groups in total. The molecule has 8 nitrogen and oxygen atoms in total. The minimum Gasteiger partial charge on any atom is -0.378 e. The molecule has 0 spiro atoms. The molecular weight excluding hydrogens is 450 g/mol. The monoisotopic (exact) mass is 467 g/mol. The third kappa shape index (κ3) is 5.66. The number of ether oxygens (including phenoxy) is 1. The topological polar surface area (TPSA) is 93.0 Å². The maximum Gasteiger partial charge on any atom is 0.269 e. The van der Waals surface area contributed by atoms with E-state index in [1.807, 2.05) is 0 Å². The third-order valence-corrected chi connectivity index (χ3v) is 6.06. The Morgan fingerprint density at radius 2 is 1.97 bits per heavy atom. The van der Waals surface area contributed by atoms with Crippen LogP contribution >= 0.6 is 35.6 Å². The fraction of sp³-hybridized carbons (Fsp3) is 0.316. The summed E-state index contributed by atoms with van der Waals surface area (Å²) in [5.74, 6) is -0.331. The van der Waals surface area contributed by atoms with E-state index in [9.17, 15) is 19.7 Å². The number of nitro benzene ring substituents is 1. The normalized spacial score (nSPS) is 19.0. The number of nitrogens with zero attached hydrogens (tertiary/aromatic N) is 3. The molecule has 158 valence electrons. The first-order chi connectivity index (χ1) is 14.3. The van der Waals surface area contributed by atoms with Gasteiger partial charge in [0.2, 0.25) is 5.91 Å². The van der Waals surface area contributed by atoms with Gasteiger partial charge < -0.3 is 9.64 Å². The van der Waals surface area contributed by atoms with Crippen molar-refractivity contribution in [2.45, 2.75) is 6.42 Å². The van der Waals surface area contributed by atoms with E-state index in [1.54, 1.807) is 23.1 Å². The van der Waals surface area contributed by atoms with Crippen molar-refractivity contribution in [3.05, 3.63) is 56.0 Å². The highest BCUT2D eigenvalue weighted by Crippen LogP contribution is 2.33. The van der Waals surface area contributed by atoms with Crippen molar-refractivity contribution in [3.8, 4) is 0 Å². The molecule has 0 unspecified atom stereocenters. The van der Waals surface area contributed by atoms with Crippen LogP contribution < -0.4 is 0 Å². The number of allylic oxidation sites excluding steroid dienone is 2. The number of benzene rings is 1. The molecule has 0 aromatic heterocycles. The number of morpholine rings is 1. The van der Waals surface area contributed by atoms with Crippen molar-refractivity contribution in [3.63, 3.8) is 0 Å². The number of carbonyl (C=O) groups is 2. The van der Waals surface area contributed by atoms with E-state index in [0.29, 0.717) is 41.1 Å². The van der Waals surface area contributed by atoms with Gasteiger partial charge in [0.1, 0.15) is 4.32 Å². The first-order valence-electron chi connectivity index (χ1n) is 9.07. The number of non-ortho nitro benzene ring substituents is 1. The van der Waals surface area contributed by atoms with E-state index in [2.05, 4.69) is 0 Å². The molecule has 2 fully saturated rings. The third-order valence-electron chi connectivity index (χ3n) is 4.46. The molecule has 11 heteroatoms. The van der Waals surface area contributed by atoms with Crippen molar-refractivity contribution in [2.24, 2.45) is 0 Å². The predicted molar refractivity (Wildman–Crippen MR) is 119 cm³/mol. The summed E-state index contributed by atoms with van der Waals surface area (Å²) in [6.07, 6.45) is 3.29. The Hall–Kier alpha value is -2.27. The summed E-state index contributed by atoms with van der Waals surface area (Å²) in [5, 5.41) is 11.0. The quantitative estimate of drug-likeness (QED) is 0.274. The largest absolute Gasteiger partial charge is 0.378 e. The Morgan fingerprint density at radius 1 is 1.30 bits per heavy atom. The molecule has 0 atom stereocenters. The van der Waals surface area contributed by atoms with Gasteiger partial charge in [-0.2, -0.15) is 0 Å². The summed E-state index contributed by atoms with van der Waals surface area (Å²) in [4.78, 5) is 38.7. The van der Waals surface area contributed by atoms with Crippen LogP contribution in [-0.4, -0.2) is 63.7 Å². The zero-order valence-electron chi connectivity index (χ0n) is 15.8. The number of rotatable bonds is 6. The van der Waals surface area contributed by atoms with E-state index in [4.69, 9.17) is 28.6 Å². The summed E-state index contributed by atoms with van der Waals surface area (Å²) in [7, 11) is 0. The molecule has 2 aliphatic heterocycles. The fourth-order valence-electron chi connectivity index (χ4n) is 2.89. The smallest absolute Gasteiger partial charge is 0.269 e. The van der Waals surface area contributed by atoms with Gasteiger partial charge in [-0.1, -0.05) is 35.6 Å². The van der Waals surface area contributed by atoms with Crippen LogP contribution in [0.3, 0.4) is 0 Å². The van der Waals surface area contributed by atoms with Crippen molar-refractivity contribution >= 4 is 63.5 Å². The summed E-state index contributed by atoms with van der Waals surface area (Å²) >= 11 is 12.6. The van der Waals surface area contributed by atoms with Gasteiger partial charge in [0.15, 0.2) is 0 Å². The van der Waals surface area contributed by atoms with E-state index in [1.165, 1.54) is 23.1 Å². The SMILES string of the molecule is O=C(CCN1C(=O)/C(=C/C(Cl)=C/c2ccc([N+](=O)[O-])cc2)SC1=S)N1CCOCC1. The molecule has 2 amide bonds. The van der Waals surface area contributed by atoms with Crippen LogP contribution in [-0.2, 0) is 14.3 Å². The Bertz CT molecular complexity index is 927. The van der Waals surface area contributed by atoms with Crippen LogP contribution in [0, 0.1) is 10.1 Å². The Morgan fingerprint density at radius 3 is 2.60 bits per heavy atom. The molecule has 30 heavy (non-hydrogen) atoms. The van der Waals surface area contributed by atoms with Gasteiger partial charge >= 0.3 is 0 Å². The van der Waals surface area contributed by atoms with Crippen LogP contribution in [0.25, 0.3) is 6.08 Å². The maximum absolute atomic E-state index is 12.7. The summed E-state index contributed by atoms with van der Waals surface area (Å²) in [6, 6.07) is 5.88. The zero-order chi connectivity index (χ0) is 21.7. The Kier molecular flexibility index (Phi) is 7.59. The minimum absolute atomic E-state index is 0.0178. The lowest BCUT2D eigenvalue weighted by molar-refractivity contribution is -0.384. The van der Waals surface area contributed by atoms with E-state index in [-0.39, 0.29) is 35.5 Å². The number of carbonyl (C=O) groups excluding carboxylic acids is 2. The lowest BCUT2D eigenvalue weighted by atomic mass is 10.2. The first kappa shape index (κ1) is 22.4. The van der Waals surface area contributed by atoms with Crippen LogP contribution in [0.4, 0.5) is 5.69 Å². The number of amides is 2. The van der Waals surface area contributed by atoms with Gasteiger partial charge in [-0.05, 0) is 29.8 Å².